The van der Waals surface area contributed by atoms with E-state index >= 15 is 0 Å². The Hall–Kier alpha value is -3.06. The van der Waals surface area contributed by atoms with Gasteiger partial charge in [-0.05, 0) is 42.7 Å². The number of hydrogen-bond acceptors (Lipinski definition) is 5. The molecule has 3 rings (SSSR count). The van der Waals surface area contributed by atoms with Crippen LogP contribution in [0.5, 0.6) is 11.5 Å². The molecule has 0 radical (unpaired) electrons. The SMILES string of the molecule is COCCCNC(=O)c1ccccc1NC(=O)CCc1ccc2c(c1)OCO2. The molecule has 0 atom stereocenters. The number of rotatable bonds is 9. The average molecular weight is 384 g/mol. The summed E-state index contributed by atoms with van der Waals surface area (Å²) in [4.78, 5) is 24.7. The van der Waals surface area contributed by atoms with Gasteiger partial charge < -0.3 is 24.8 Å². The minimum absolute atomic E-state index is 0.155. The maximum Gasteiger partial charge on any atom is 0.253 e. The predicted molar refractivity (Wildman–Crippen MR) is 105 cm³/mol. The van der Waals surface area contributed by atoms with Gasteiger partial charge in [0.15, 0.2) is 11.5 Å². The molecule has 1 heterocycles. The van der Waals surface area contributed by atoms with Crippen molar-refractivity contribution in [1.82, 2.24) is 5.32 Å². The highest BCUT2D eigenvalue weighted by atomic mass is 16.7. The van der Waals surface area contributed by atoms with Gasteiger partial charge in [0.05, 0.1) is 11.3 Å². The van der Waals surface area contributed by atoms with E-state index in [1.54, 1.807) is 31.4 Å². The molecular formula is C21H24N2O5. The number of amides is 2. The van der Waals surface area contributed by atoms with Gasteiger partial charge in [-0.15, -0.1) is 0 Å². The van der Waals surface area contributed by atoms with Gasteiger partial charge in [0.25, 0.3) is 5.91 Å². The Bertz CT molecular complexity index is 837. The van der Waals surface area contributed by atoms with Crippen molar-refractivity contribution >= 4 is 17.5 Å². The van der Waals surface area contributed by atoms with Crippen molar-refractivity contribution in [2.75, 3.05) is 32.4 Å². The van der Waals surface area contributed by atoms with E-state index in [2.05, 4.69) is 10.6 Å². The smallest absolute Gasteiger partial charge is 0.253 e. The summed E-state index contributed by atoms with van der Waals surface area (Å²) in [5.74, 6) is 1.05. The van der Waals surface area contributed by atoms with E-state index in [0.29, 0.717) is 43.0 Å². The first-order valence-corrected chi connectivity index (χ1v) is 9.22. The molecule has 2 aromatic rings. The van der Waals surface area contributed by atoms with Gasteiger partial charge in [0.1, 0.15) is 0 Å². The number of benzene rings is 2. The molecule has 7 nitrogen and oxygen atoms in total. The highest BCUT2D eigenvalue weighted by Crippen LogP contribution is 2.32. The van der Waals surface area contributed by atoms with E-state index in [9.17, 15) is 9.59 Å². The summed E-state index contributed by atoms with van der Waals surface area (Å²) in [6.45, 7) is 1.32. The Kier molecular flexibility index (Phi) is 6.86. The molecule has 0 saturated carbocycles. The Morgan fingerprint density at radius 3 is 2.79 bits per heavy atom. The minimum Gasteiger partial charge on any atom is -0.454 e. The van der Waals surface area contributed by atoms with E-state index in [0.717, 1.165) is 17.7 Å². The topological polar surface area (TPSA) is 85.9 Å². The van der Waals surface area contributed by atoms with Crippen LogP contribution in [0.3, 0.4) is 0 Å². The number of ether oxygens (including phenoxy) is 3. The fraction of sp³-hybridized carbons (Fsp3) is 0.333. The molecular weight excluding hydrogens is 360 g/mol. The molecule has 0 bridgehead atoms. The van der Waals surface area contributed by atoms with Gasteiger partial charge in [0.2, 0.25) is 12.7 Å². The first kappa shape index (κ1) is 19.7. The zero-order valence-corrected chi connectivity index (χ0v) is 15.8. The van der Waals surface area contributed by atoms with E-state index in [-0.39, 0.29) is 18.6 Å². The summed E-state index contributed by atoms with van der Waals surface area (Å²) in [6, 6.07) is 12.6. The van der Waals surface area contributed by atoms with Crippen molar-refractivity contribution in [3.63, 3.8) is 0 Å². The molecule has 7 heteroatoms. The summed E-state index contributed by atoms with van der Waals surface area (Å²) in [5, 5.41) is 5.67. The summed E-state index contributed by atoms with van der Waals surface area (Å²) in [6.07, 6.45) is 1.59. The fourth-order valence-electron chi connectivity index (χ4n) is 2.87. The number of aryl methyl sites for hydroxylation is 1. The molecule has 1 aliphatic rings. The van der Waals surface area contributed by atoms with Crippen molar-refractivity contribution < 1.29 is 23.8 Å². The second-order valence-corrected chi connectivity index (χ2v) is 6.38. The average Bonchev–Trinajstić information content (AvgIpc) is 3.18. The Morgan fingerprint density at radius 2 is 1.93 bits per heavy atom. The number of carbonyl (C=O) groups is 2. The number of methoxy groups -OCH3 is 1. The van der Waals surface area contributed by atoms with Crippen LogP contribution in [0.2, 0.25) is 0 Å². The van der Waals surface area contributed by atoms with Crippen LogP contribution in [0.4, 0.5) is 5.69 Å². The number of carbonyl (C=O) groups excluding carboxylic acids is 2. The molecule has 0 aliphatic carbocycles. The normalized spacial score (nSPS) is 11.9. The highest BCUT2D eigenvalue weighted by Gasteiger charge is 2.15. The molecule has 148 valence electrons. The Labute approximate surface area is 164 Å². The number of nitrogens with one attached hydrogen (secondary N) is 2. The number of para-hydroxylation sites is 1. The van der Waals surface area contributed by atoms with Crippen LogP contribution < -0.4 is 20.1 Å². The van der Waals surface area contributed by atoms with E-state index in [4.69, 9.17) is 14.2 Å². The summed E-state index contributed by atoms with van der Waals surface area (Å²) >= 11 is 0. The van der Waals surface area contributed by atoms with Crippen molar-refractivity contribution in [3.8, 4) is 11.5 Å². The predicted octanol–water partition coefficient (Wildman–Crippen LogP) is 2.75. The van der Waals surface area contributed by atoms with E-state index < -0.39 is 0 Å². The Balaban J connectivity index is 1.54. The van der Waals surface area contributed by atoms with Crippen LogP contribution in [0.1, 0.15) is 28.8 Å². The second kappa shape index (κ2) is 9.75. The van der Waals surface area contributed by atoms with Gasteiger partial charge in [-0.1, -0.05) is 18.2 Å². The third-order valence-electron chi connectivity index (χ3n) is 4.33. The molecule has 0 aromatic heterocycles. The Morgan fingerprint density at radius 1 is 1.11 bits per heavy atom. The van der Waals surface area contributed by atoms with Crippen molar-refractivity contribution in [2.24, 2.45) is 0 Å². The van der Waals surface area contributed by atoms with Gasteiger partial charge in [-0.3, -0.25) is 9.59 Å². The zero-order valence-electron chi connectivity index (χ0n) is 15.8. The zero-order chi connectivity index (χ0) is 19.8. The monoisotopic (exact) mass is 384 g/mol. The van der Waals surface area contributed by atoms with Crippen LogP contribution in [0, 0.1) is 0 Å². The van der Waals surface area contributed by atoms with Crippen LogP contribution in [-0.2, 0) is 16.0 Å². The minimum atomic E-state index is -0.220. The first-order valence-electron chi connectivity index (χ1n) is 9.22. The second-order valence-electron chi connectivity index (χ2n) is 6.38. The number of anilines is 1. The molecule has 2 aromatic carbocycles. The van der Waals surface area contributed by atoms with E-state index in [1.807, 2.05) is 18.2 Å². The quantitative estimate of drug-likeness (QED) is 0.650. The number of hydrogen-bond donors (Lipinski definition) is 2. The third-order valence-corrected chi connectivity index (χ3v) is 4.33. The van der Waals surface area contributed by atoms with E-state index in [1.165, 1.54) is 0 Å². The third kappa shape index (κ3) is 5.23. The molecule has 0 fully saturated rings. The van der Waals surface area contributed by atoms with Gasteiger partial charge in [0, 0.05) is 26.7 Å². The molecule has 0 spiro atoms. The lowest BCUT2D eigenvalue weighted by Crippen LogP contribution is -2.26. The van der Waals surface area contributed by atoms with Gasteiger partial charge in [-0.2, -0.15) is 0 Å². The van der Waals surface area contributed by atoms with Crippen LogP contribution >= 0.6 is 0 Å². The van der Waals surface area contributed by atoms with Crippen LogP contribution in [0.25, 0.3) is 0 Å². The molecule has 0 unspecified atom stereocenters. The van der Waals surface area contributed by atoms with Gasteiger partial charge in [-0.25, -0.2) is 0 Å². The highest BCUT2D eigenvalue weighted by molar-refractivity contribution is 6.03. The molecule has 1 aliphatic heterocycles. The van der Waals surface area contributed by atoms with Gasteiger partial charge >= 0.3 is 0 Å². The molecule has 2 N–H and O–H groups in total. The summed E-state index contributed by atoms with van der Waals surface area (Å²) in [5.41, 5.74) is 1.93. The lowest BCUT2D eigenvalue weighted by Gasteiger charge is -2.11. The van der Waals surface area contributed by atoms with Crippen molar-refractivity contribution in [2.45, 2.75) is 19.3 Å². The van der Waals surface area contributed by atoms with Crippen molar-refractivity contribution in [1.29, 1.82) is 0 Å². The number of fused-ring (bicyclic) bond motifs is 1. The molecule has 2 amide bonds. The standard InChI is InChI=1S/C21H24N2O5/c1-26-12-4-11-22-21(25)16-5-2-3-6-17(16)23-20(24)10-8-15-7-9-18-19(13-15)28-14-27-18/h2-3,5-7,9,13H,4,8,10-12,14H2,1H3,(H,22,25)(H,23,24). The fourth-order valence-corrected chi connectivity index (χ4v) is 2.87. The van der Waals surface area contributed by atoms with Crippen LogP contribution in [-0.4, -0.2) is 38.9 Å². The summed E-state index contributed by atoms with van der Waals surface area (Å²) in [7, 11) is 1.62. The van der Waals surface area contributed by atoms with Crippen molar-refractivity contribution in [3.05, 3.63) is 53.6 Å². The molecule has 0 saturated heterocycles. The lowest BCUT2D eigenvalue weighted by atomic mass is 10.1. The van der Waals surface area contributed by atoms with Crippen LogP contribution in [0.15, 0.2) is 42.5 Å². The maximum atomic E-state index is 12.4. The first-order chi connectivity index (χ1) is 13.7. The lowest BCUT2D eigenvalue weighted by molar-refractivity contribution is -0.116. The summed E-state index contributed by atoms with van der Waals surface area (Å²) < 4.78 is 15.6. The maximum absolute atomic E-state index is 12.4. The largest absolute Gasteiger partial charge is 0.454 e. The molecule has 28 heavy (non-hydrogen) atoms.